The Hall–Kier alpha value is -3.06. The van der Waals surface area contributed by atoms with Gasteiger partial charge >= 0.3 is 0 Å². The monoisotopic (exact) mass is 487 g/mol. The summed E-state index contributed by atoms with van der Waals surface area (Å²) >= 11 is 18.6. The van der Waals surface area contributed by atoms with Crippen molar-refractivity contribution in [3.05, 3.63) is 98.9 Å². The van der Waals surface area contributed by atoms with E-state index in [1.54, 1.807) is 47.1 Å². The summed E-state index contributed by atoms with van der Waals surface area (Å²) in [5.41, 5.74) is 3.80. The minimum absolute atomic E-state index is 0.227. The largest absolute Gasteiger partial charge is 0.346 e. The van der Waals surface area contributed by atoms with Gasteiger partial charge in [0.25, 0.3) is 5.91 Å². The van der Waals surface area contributed by atoms with Gasteiger partial charge in [-0.2, -0.15) is 5.10 Å². The van der Waals surface area contributed by atoms with E-state index in [2.05, 4.69) is 10.4 Å². The molecule has 0 atom stereocenters. The van der Waals surface area contributed by atoms with Gasteiger partial charge in [-0.25, -0.2) is 4.68 Å². The highest BCUT2D eigenvalue weighted by Gasteiger charge is 2.23. The predicted molar refractivity (Wildman–Crippen MR) is 124 cm³/mol. The molecule has 0 unspecified atom stereocenters. The summed E-state index contributed by atoms with van der Waals surface area (Å²) in [5.74, 6) is -0.352. The van der Waals surface area contributed by atoms with Crippen LogP contribution in [-0.4, -0.2) is 20.9 Å². The van der Waals surface area contributed by atoms with Crippen molar-refractivity contribution in [3.63, 3.8) is 0 Å². The summed E-state index contributed by atoms with van der Waals surface area (Å²) in [4.78, 5) is 13.0. The minimum Gasteiger partial charge on any atom is -0.346 e. The Morgan fingerprint density at radius 3 is 2.50 bits per heavy atom. The van der Waals surface area contributed by atoms with Crippen LogP contribution in [-0.2, 0) is 6.54 Å². The number of hydrogen-bond acceptors (Lipinski definition) is 3. The van der Waals surface area contributed by atoms with Crippen molar-refractivity contribution in [2.24, 2.45) is 0 Å². The third-order valence-corrected chi connectivity index (χ3v) is 5.68. The predicted octanol–water partition coefficient (Wildman–Crippen LogP) is 5.26. The van der Waals surface area contributed by atoms with Gasteiger partial charge in [0.2, 0.25) is 12.4 Å². The van der Waals surface area contributed by atoms with Gasteiger partial charge in [-0.3, -0.25) is 10.0 Å². The van der Waals surface area contributed by atoms with Gasteiger partial charge < -0.3 is 5.32 Å². The molecule has 4 rings (SSSR count). The van der Waals surface area contributed by atoms with E-state index >= 15 is 0 Å². The maximum Gasteiger partial charge on any atom is 0.272 e. The SMILES string of the molecule is Cc1c(C(=O)NCc2ccc[n+](O)c2)nn(-c2ccc(Cl)cc2Cl)c1-c1ccc(Cl)cc1. The van der Waals surface area contributed by atoms with Crippen molar-refractivity contribution in [2.75, 3.05) is 0 Å². The molecule has 0 radical (unpaired) electrons. The second-order valence-electron chi connectivity index (χ2n) is 7.11. The molecular weight excluding hydrogens is 471 g/mol. The molecular formula is C23H18Cl3N4O2+. The highest BCUT2D eigenvalue weighted by atomic mass is 35.5. The Kier molecular flexibility index (Phi) is 6.37. The van der Waals surface area contributed by atoms with Crippen LogP contribution in [0, 0.1) is 6.92 Å². The number of rotatable bonds is 5. The van der Waals surface area contributed by atoms with Crippen LogP contribution in [0.1, 0.15) is 21.6 Å². The molecule has 0 bridgehead atoms. The molecule has 0 saturated carbocycles. The van der Waals surface area contributed by atoms with Gasteiger partial charge in [-0.1, -0.05) is 46.9 Å². The van der Waals surface area contributed by atoms with Crippen LogP contribution >= 0.6 is 34.8 Å². The Morgan fingerprint density at radius 1 is 1.09 bits per heavy atom. The van der Waals surface area contributed by atoms with Crippen molar-refractivity contribution in [2.45, 2.75) is 13.5 Å². The summed E-state index contributed by atoms with van der Waals surface area (Å²) in [7, 11) is 0. The topological polar surface area (TPSA) is 71.0 Å². The lowest BCUT2D eigenvalue weighted by molar-refractivity contribution is -0.905. The first-order valence-electron chi connectivity index (χ1n) is 9.62. The zero-order valence-electron chi connectivity index (χ0n) is 16.9. The molecule has 0 aliphatic carbocycles. The lowest BCUT2D eigenvalue weighted by atomic mass is 10.1. The van der Waals surface area contributed by atoms with Crippen LogP contribution in [0.15, 0.2) is 67.0 Å². The zero-order valence-corrected chi connectivity index (χ0v) is 19.2. The van der Waals surface area contributed by atoms with E-state index in [1.807, 2.05) is 19.1 Å². The number of aromatic nitrogens is 3. The molecule has 2 N–H and O–H groups in total. The average Bonchev–Trinajstić information content (AvgIpc) is 3.09. The van der Waals surface area contributed by atoms with Crippen molar-refractivity contribution in [1.82, 2.24) is 15.1 Å². The highest BCUT2D eigenvalue weighted by molar-refractivity contribution is 6.35. The number of hydrogen-bond donors (Lipinski definition) is 2. The summed E-state index contributed by atoms with van der Waals surface area (Å²) in [5, 5.41) is 18.5. The van der Waals surface area contributed by atoms with Gasteiger partial charge in [0.15, 0.2) is 5.69 Å². The molecule has 0 spiro atoms. The van der Waals surface area contributed by atoms with Crippen LogP contribution < -0.4 is 10.0 Å². The first-order valence-corrected chi connectivity index (χ1v) is 10.8. The number of benzene rings is 2. The number of amides is 1. The smallest absolute Gasteiger partial charge is 0.272 e. The van der Waals surface area contributed by atoms with E-state index in [0.29, 0.717) is 32.0 Å². The van der Waals surface area contributed by atoms with E-state index < -0.39 is 0 Å². The van der Waals surface area contributed by atoms with Gasteiger partial charge in [-0.05, 0) is 43.3 Å². The first kappa shape index (κ1) is 22.1. The summed E-state index contributed by atoms with van der Waals surface area (Å²) in [6.07, 6.45) is 3.00. The summed E-state index contributed by atoms with van der Waals surface area (Å²) in [6.45, 7) is 2.06. The van der Waals surface area contributed by atoms with Crippen LogP contribution in [0.3, 0.4) is 0 Å². The van der Waals surface area contributed by atoms with Crippen molar-refractivity contribution in [3.8, 4) is 16.9 Å². The van der Waals surface area contributed by atoms with Crippen molar-refractivity contribution in [1.29, 1.82) is 0 Å². The molecule has 2 aromatic carbocycles. The molecule has 0 saturated heterocycles. The normalized spacial score (nSPS) is 10.9. The fourth-order valence-electron chi connectivity index (χ4n) is 3.37. The number of nitrogens with zero attached hydrogens (tertiary/aromatic N) is 3. The minimum atomic E-state index is -0.352. The van der Waals surface area contributed by atoms with Crippen LogP contribution in [0.25, 0.3) is 16.9 Å². The van der Waals surface area contributed by atoms with E-state index in [-0.39, 0.29) is 18.1 Å². The molecule has 0 aliphatic rings. The molecule has 2 aromatic heterocycles. The lowest BCUT2D eigenvalue weighted by Crippen LogP contribution is -2.31. The number of halogens is 3. The summed E-state index contributed by atoms with van der Waals surface area (Å²) in [6, 6.07) is 15.8. The quantitative estimate of drug-likeness (QED) is 0.297. The number of nitrogens with one attached hydrogen (secondary N) is 1. The van der Waals surface area contributed by atoms with Crippen molar-refractivity contribution < 1.29 is 14.7 Å². The second-order valence-corrected chi connectivity index (χ2v) is 8.39. The Balaban J connectivity index is 1.76. The second kappa shape index (κ2) is 9.20. The summed E-state index contributed by atoms with van der Waals surface area (Å²) < 4.78 is 2.57. The molecule has 6 nitrogen and oxygen atoms in total. The zero-order chi connectivity index (χ0) is 22.8. The molecule has 1 amide bonds. The Bertz CT molecular complexity index is 1300. The molecule has 162 valence electrons. The third kappa shape index (κ3) is 4.58. The lowest BCUT2D eigenvalue weighted by Gasteiger charge is -2.11. The molecule has 9 heteroatoms. The van der Waals surface area contributed by atoms with E-state index in [1.165, 1.54) is 12.4 Å². The van der Waals surface area contributed by atoms with Crippen LogP contribution in [0.4, 0.5) is 0 Å². The Labute approximate surface area is 199 Å². The number of carbonyl (C=O) groups is 1. The fourth-order valence-corrected chi connectivity index (χ4v) is 3.98. The number of pyridine rings is 1. The maximum atomic E-state index is 13.0. The van der Waals surface area contributed by atoms with Gasteiger partial charge in [0, 0.05) is 44.1 Å². The van der Waals surface area contributed by atoms with Crippen molar-refractivity contribution >= 4 is 40.7 Å². The van der Waals surface area contributed by atoms with E-state index in [4.69, 9.17) is 34.8 Å². The van der Waals surface area contributed by atoms with E-state index in [0.717, 1.165) is 15.9 Å². The highest BCUT2D eigenvalue weighted by Crippen LogP contribution is 2.33. The van der Waals surface area contributed by atoms with Crippen LogP contribution in [0.5, 0.6) is 0 Å². The molecule has 4 aromatic rings. The van der Waals surface area contributed by atoms with Crippen LogP contribution in [0.2, 0.25) is 15.1 Å². The third-order valence-electron chi connectivity index (χ3n) is 4.89. The average molecular weight is 489 g/mol. The Morgan fingerprint density at radius 2 is 1.81 bits per heavy atom. The van der Waals surface area contributed by atoms with Gasteiger partial charge in [-0.15, -0.1) is 0 Å². The first-order chi connectivity index (χ1) is 15.3. The molecule has 32 heavy (non-hydrogen) atoms. The van der Waals surface area contributed by atoms with Gasteiger partial charge in [0.05, 0.1) is 16.4 Å². The van der Waals surface area contributed by atoms with E-state index in [9.17, 15) is 10.0 Å². The molecule has 2 heterocycles. The number of carbonyl (C=O) groups excluding carboxylic acids is 1. The fraction of sp³-hybridized carbons (Fsp3) is 0.0870. The maximum absolute atomic E-state index is 13.0. The standard InChI is InChI=1S/C23H17Cl3N4O2/c1-14-21(23(31)27-12-15-3-2-10-29(32)13-15)28-30(20-9-8-18(25)11-19(20)26)22(14)16-4-6-17(24)7-5-16/h2-11,13H,12H2,1H3,(H-,27,31,32)/p+1. The molecule has 0 fully saturated rings. The van der Waals surface area contributed by atoms with Gasteiger partial charge in [0.1, 0.15) is 0 Å². The molecule has 0 aliphatic heterocycles.